The Kier molecular flexibility index (Phi) is 3.57. The first-order valence-corrected chi connectivity index (χ1v) is 7.07. The summed E-state index contributed by atoms with van der Waals surface area (Å²) in [7, 11) is 1.65. The Morgan fingerprint density at radius 2 is 2.32 bits per heavy atom. The molecule has 0 saturated heterocycles. The number of aromatic nitrogens is 1. The highest BCUT2D eigenvalue weighted by Crippen LogP contribution is 2.32. The maximum atomic E-state index is 5.77. The molecule has 1 saturated carbocycles. The van der Waals surface area contributed by atoms with Crippen LogP contribution in [-0.2, 0) is 6.54 Å². The van der Waals surface area contributed by atoms with E-state index in [0.29, 0.717) is 12.6 Å². The van der Waals surface area contributed by atoms with Crippen molar-refractivity contribution in [1.29, 1.82) is 0 Å². The summed E-state index contributed by atoms with van der Waals surface area (Å²) in [4.78, 5) is 4.30. The van der Waals surface area contributed by atoms with Crippen LogP contribution >= 0.6 is 15.9 Å². The SMILES string of the molecule is COc1ccc(Br)c(-c2cnc(CNC3CC3)o2)c1. The van der Waals surface area contributed by atoms with E-state index in [4.69, 9.17) is 9.15 Å². The van der Waals surface area contributed by atoms with E-state index in [2.05, 4.69) is 26.2 Å². The van der Waals surface area contributed by atoms with Crippen molar-refractivity contribution in [3.63, 3.8) is 0 Å². The van der Waals surface area contributed by atoms with Crippen LogP contribution in [0.25, 0.3) is 11.3 Å². The fraction of sp³-hybridized carbons (Fsp3) is 0.357. The quantitative estimate of drug-likeness (QED) is 0.916. The molecule has 19 heavy (non-hydrogen) atoms. The molecule has 3 rings (SSSR count). The van der Waals surface area contributed by atoms with Gasteiger partial charge in [-0.05, 0) is 31.0 Å². The van der Waals surface area contributed by atoms with Gasteiger partial charge in [0.15, 0.2) is 5.76 Å². The van der Waals surface area contributed by atoms with Crippen molar-refractivity contribution >= 4 is 15.9 Å². The monoisotopic (exact) mass is 322 g/mol. The minimum Gasteiger partial charge on any atom is -0.497 e. The Morgan fingerprint density at radius 1 is 1.47 bits per heavy atom. The topological polar surface area (TPSA) is 47.3 Å². The zero-order chi connectivity index (χ0) is 13.2. The molecule has 0 amide bonds. The summed E-state index contributed by atoms with van der Waals surface area (Å²) in [5.74, 6) is 2.27. The van der Waals surface area contributed by atoms with Crippen LogP contribution in [0.15, 0.2) is 33.3 Å². The molecule has 1 aromatic carbocycles. The van der Waals surface area contributed by atoms with E-state index < -0.39 is 0 Å². The molecule has 0 bridgehead atoms. The van der Waals surface area contributed by atoms with E-state index in [9.17, 15) is 0 Å². The fourth-order valence-corrected chi connectivity index (χ4v) is 2.30. The molecule has 0 unspecified atom stereocenters. The molecule has 100 valence electrons. The number of hydrogen-bond donors (Lipinski definition) is 1. The highest BCUT2D eigenvalue weighted by molar-refractivity contribution is 9.10. The van der Waals surface area contributed by atoms with Gasteiger partial charge in [0.1, 0.15) is 5.75 Å². The van der Waals surface area contributed by atoms with Crippen LogP contribution in [0.4, 0.5) is 0 Å². The first kappa shape index (κ1) is 12.7. The molecule has 1 heterocycles. The maximum Gasteiger partial charge on any atom is 0.208 e. The van der Waals surface area contributed by atoms with Crippen molar-refractivity contribution in [2.45, 2.75) is 25.4 Å². The third kappa shape index (κ3) is 2.98. The molecule has 5 heteroatoms. The van der Waals surface area contributed by atoms with Crippen molar-refractivity contribution < 1.29 is 9.15 Å². The molecule has 2 aromatic rings. The minimum atomic E-state index is 0.652. The fourth-order valence-electron chi connectivity index (χ4n) is 1.86. The average molecular weight is 323 g/mol. The van der Waals surface area contributed by atoms with E-state index in [-0.39, 0.29) is 0 Å². The molecule has 1 fully saturated rings. The summed E-state index contributed by atoms with van der Waals surface area (Å²) in [6.45, 7) is 0.687. The number of benzene rings is 1. The second kappa shape index (κ2) is 5.35. The van der Waals surface area contributed by atoms with E-state index in [0.717, 1.165) is 27.4 Å². The van der Waals surface area contributed by atoms with E-state index in [1.54, 1.807) is 13.3 Å². The summed E-state index contributed by atoms with van der Waals surface area (Å²) < 4.78 is 12.0. The minimum absolute atomic E-state index is 0.652. The molecule has 1 aliphatic rings. The number of nitrogens with one attached hydrogen (secondary N) is 1. The first-order chi connectivity index (χ1) is 9.26. The van der Waals surface area contributed by atoms with Gasteiger partial charge in [0.25, 0.3) is 0 Å². The van der Waals surface area contributed by atoms with Crippen molar-refractivity contribution in [2.75, 3.05) is 7.11 Å². The average Bonchev–Trinajstić information content (AvgIpc) is 3.15. The first-order valence-electron chi connectivity index (χ1n) is 6.28. The Bertz CT molecular complexity index is 579. The molecular formula is C14H15BrN2O2. The van der Waals surface area contributed by atoms with Crippen LogP contribution in [-0.4, -0.2) is 18.1 Å². The number of oxazole rings is 1. The predicted octanol–water partition coefficient (Wildman–Crippen LogP) is 3.36. The second-order valence-electron chi connectivity index (χ2n) is 4.62. The number of ether oxygens (including phenoxy) is 1. The van der Waals surface area contributed by atoms with Gasteiger partial charge < -0.3 is 14.5 Å². The van der Waals surface area contributed by atoms with E-state index in [1.165, 1.54) is 12.8 Å². The third-order valence-electron chi connectivity index (χ3n) is 3.11. The number of nitrogens with zero attached hydrogens (tertiary/aromatic N) is 1. The van der Waals surface area contributed by atoms with Crippen LogP contribution in [0.2, 0.25) is 0 Å². The van der Waals surface area contributed by atoms with Gasteiger partial charge in [-0.1, -0.05) is 15.9 Å². The molecule has 0 radical (unpaired) electrons. The molecule has 0 atom stereocenters. The van der Waals surface area contributed by atoms with Gasteiger partial charge in [0.2, 0.25) is 5.89 Å². The largest absolute Gasteiger partial charge is 0.497 e. The zero-order valence-electron chi connectivity index (χ0n) is 10.6. The van der Waals surface area contributed by atoms with E-state index >= 15 is 0 Å². The van der Waals surface area contributed by atoms with Crippen LogP contribution in [0, 0.1) is 0 Å². The van der Waals surface area contributed by atoms with Crippen molar-refractivity contribution in [1.82, 2.24) is 10.3 Å². The smallest absolute Gasteiger partial charge is 0.208 e. The molecule has 1 aromatic heterocycles. The van der Waals surface area contributed by atoms with Gasteiger partial charge in [-0.15, -0.1) is 0 Å². The normalized spacial score (nSPS) is 14.6. The maximum absolute atomic E-state index is 5.77. The highest BCUT2D eigenvalue weighted by Gasteiger charge is 2.21. The molecule has 0 aliphatic heterocycles. The van der Waals surface area contributed by atoms with E-state index in [1.807, 2.05) is 18.2 Å². The third-order valence-corrected chi connectivity index (χ3v) is 3.80. The highest BCUT2D eigenvalue weighted by atomic mass is 79.9. The standard InChI is InChI=1S/C14H15BrN2O2/c1-18-10-4-5-12(15)11(6-10)13-7-17-14(19-13)8-16-9-2-3-9/h4-7,9,16H,2-3,8H2,1H3. The van der Waals surface area contributed by atoms with Crippen LogP contribution < -0.4 is 10.1 Å². The van der Waals surface area contributed by atoms with Gasteiger partial charge in [-0.3, -0.25) is 0 Å². The second-order valence-corrected chi connectivity index (χ2v) is 5.47. The van der Waals surface area contributed by atoms with Crippen LogP contribution in [0.1, 0.15) is 18.7 Å². The predicted molar refractivity (Wildman–Crippen MR) is 76.1 cm³/mol. The van der Waals surface area contributed by atoms with Gasteiger partial charge in [0.05, 0.1) is 19.9 Å². The summed E-state index contributed by atoms with van der Waals surface area (Å²) in [5, 5.41) is 3.38. The Balaban J connectivity index is 1.80. The zero-order valence-corrected chi connectivity index (χ0v) is 12.2. The Morgan fingerprint density at radius 3 is 3.05 bits per heavy atom. The Hall–Kier alpha value is -1.33. The summed E-state index contributed by atoms with van der Waals surface area (Å²) in [5.41, 5.74) is 0.949. The van der Waals surface area contributed by atoms with Crippen molar-refractivity contribution in [2.24, 2.45) is 0 Å². The molecule has 4 nitrogen and oxygen atoms in total. The number of methoxy groups -OCH3 is 1. The molecule has 1 N–H and O–H groups in total. The Labute approximate surface area is 120 Å². The number of rotatable bonds is 5. The summed E-state index contributed by atoms with van der Waals surface area (Å²) >= 11 is 3.52. The lowest BCUT2D eigenvalue weighted by Crippen LogP contribution is -2.15. The summed E-state index contributed by atoms with van der Waals surface area (Å²) in [6.07, 6.45) is 4.27. The van der Waals surface area contributed by atoms with Crippen molar-refractivity contribution in [3.05, 3.63) is 34.8 Å². The van der Waals surface area contributed by atoms with Gasteiger partial charge >= 0.3 is 0 Å². The number of hydrogen-bond acceptors (Lipinski definition) is 4. The van der Waals surface area contributed by atoms with Crippen LogP contribution in [0.5, 0.6) is 5.75 Å². The lowest BCUT2D eigenvalue weighted by Gasteiger charge is -2.04. The molecule has 1 aliphatic carbocycles. The lowest BCUT2D eigenvalue weighted by molar-refractivity contribution is 0.414. The molecule has 0 spiro atoms. The summed E-state index contributed by atoms with van der Waals surface area (Å²) in [6, 6.07) is 6.43. The van der Waals surface area contributed by atoms with Gasteiger partial charge in [-0.25, -0.2) is 4.98 Å². The number of halogens is 1. The van der Waals surface area contributed by atoms with Crippen LogP contribution in [0.3, 0.4) is 0 Å². The lowest BCUT2D eigenvalue weighted by atomic mass is 10.2. The van der Waals surface area contributed by atoms with Gasteiger partial charge in [0, 0.05) is 16.1 Å². The molecular weight excluding hydrogens is 308 g/mol. The van der Waals surface area contributed by atoms with Gasteiger partial charge in [-0.2, -0.15) is 0 Å². The van der Waals surface area contributed by atoms with Crippen molar-refractivity contribution in [3.8, 4) is 17.1 Å².